The van der Waals surface area contributed by atoms with Crippen LogP contribution in [0.1, 0.15) is 5.56 Å². The molecule has 0 saturated carbocycles. The summed E-state index contributed by atoms with van der Waals surface area (Å²) in [5.41, 5.74) is 9.76. The third-order valence-corrected chi connectivity index (χ3v) is 10.9. The molecule has 0 atom stereocenters. The smallest absolute Gasteiger partial charge is 0.164 e. The summed E-state index contributed by atoms with van der Waals surface area (Å²) in [5, 5.41) is 5.16. The summed E-state index contributed by atoms with van der Waals surface area (Å²) in [7, 11) is 0. The third-order valence-electron chi connectivity index (χ3n) is 9.74. The molecule has 0 aliphatic heterocycles. The lowest BCUT2D eigenvalue weighted by atomic mass is 9.99. The quantitative estimate of drug-likeness (QED) is 0.183. The van der Waals surface area contributed by atoms with Crippen molar-refractivity contribution in [1.29, 1.82) is 0 Å². The van der Waals surface area contributed by atoms with E-state index in [4.69, 9.17) is 15.0 Å². The van der Waals surface area contributed by atoms with Crippen molar-refractivity contribution in [2.75, 3.05) is 0 Å². The van der Waals surface area contributed by atoms with Crippen LogP contribution in [0.5, 0.6) is 0 Å². The Morgan fingerprint density at radius 3 is 1.75 bits per heavy atom. The van der Waals surface area contributed by atoms with E-state index in [1.807, 2.05) is 72.0 Å². The number of rotatable bonds is 5. The maximum Gasteiger partial charge on any atom is 0.164 e. The maximum absolute atomic E-state index is 5.07. The summed E-state index contributed by atoms with van der Waals surface area (Å²) in [6.07, 6.45) is 0. The van der Waals surface area contributed by atoms with Crippen LogP contribution in [0.15, 0.2) is 164 Å². The van der Waals surface area contributed by atoms with Crippen molar-refractivity contribution in [3.8, 4) is 51.0 Å². The van der Waals surface area contributed by atoms with Gasteiger partial charge < -0.3 is 4.57 Å². The van der Waals surface area contributed by atoms with Crippen molar-refractivity contribution in [2.24, 2.45) is 0 Å². The molecule has 0 radical (unpaired) electrons. The summed E-state index contributed by atoms with van der Waals surface area (Å²) in [6, 6.07) is 57.8. The lowest BCUT2D eigenvalue weighted by Crippen LogP contribution is -2.02. The molecule has 51 heavy (non-hydrogen) atoms. The van der Waals surface area contributed by atoms with Gasteiger partial charge in [-0.05, 0) is 48.9 Å². The van der Waals surface area contributed by atoms with Crippen molar-refractivity contribution in [2.45, 2.75) is 6.92 Å². The van der Waals surface area contributed by atoms with Crippen molar-refractivity contribution in [3.63, 3.8) is 0 Å². The van der Waals surface area contributed by atoms with E-state index >= 15 is 0 Å². The number of hydrogen-bond donors (Lipinski definition) is 0. The van der Waals surface area contributed by atoms with Crippen LogP contribution in [0.2, 0.25) is 0 Å². The maximum atomic E-state index is 5.07. The SMILES string of the molecule is Cc1ccc(-c2cc(-c3nc(-c4ccccc4)nc(-c4ccccc4)n3)ccc2-n2c3ccccc3c3c4sc5ccccc5c4ccc32)cc1. The second-order valence-corrected chi connectivity index (χ2v) is 14.0. The van der Waals surface area contributed by atoms with Gasteiger partial charge in [0.15, 0.2) is 17.5 Å². The number of fused-ring (bicyclic) bond motifs is 7. The standard InChI is InChI=1S/C46H30N4S/c1-29-20-22-30(23-21-29)37-28-33(46-48-44(31-12-4-2-5-13-31)47-45(49-46)32-14-6-3-7-15-32)24-26-39(37)50-38-18-10-8-17-36(38)42-40(50)27-25-35-34-16-9-11-19-41(34)51-43(35)42/h2-28H,1H3. The van der Waals surface area contributed by atoms with Crippen LogP contribution in [0.3, 0.4) is 0 Å². The van der Waals surface area contributed by atoms with Crippen molar-refractivity contribution in [1.82, 2.24) is 19.5 Å². The zero-order valence-electron chi connectivity index (χ0n) is 27.8. The molecule has 0 saturated heterocycles. The van der Waals surface area contributed by atoms with Gasteiger partial charge in [0.1, 0.15) is 0 Å². The molecule has 3 heterocycles. The largest absolute Gasteiger partial charge is 0.309 e. The Labute approximate surface area is 299 Å². The Morgan fingerprint density at radius 1 is 0.451 bits per heavy atom. The lowest BCUT2D eigenvalue weighted by Gasteiger charge is -2.16. The Kier molecular flexibility index (Phi) is 6.86. The number of aryl methyl sites for hydroxylation is 1. The van der Waals surface area contributed by atoms with E-state index in [1.54, 1.807) is 0 Å². The van der Waals surface area contributed by atoms with Crippen molar-refractivity contribution < 1.29 is 0 Å². The highest BCUT2D eigenvalue weighted by atomic mass is 32.1. The topological polar surface area (TPSA) is 43.6 Å². The highest BCUT2D eigenvalue weighted by molar-refractivity contribution is 7.26. The molecule has 0 aliphatic carbocycles. The van der Waals surface area contributed by atoms with Gasteiger partial charge in [0.25, 0.3) is 0 Å². The van der Waals surface area contributed by atoms with Gasteiger partial charge in [-0.25, -0.2) is 15.0 Å². The van der Waals surface area contributed by atoms with Gasteiger partial charge in [-0.1, -0.05) is 133 Å². The van der Waals surface area contributed by atoms with E-state index in [0.29, 0.717) is 17.5 Å². The molecule has 0 bridgehead atoms. The van der Waals surface area contributed by atoms with E-state index in [2.05, 4.69) is 115 Å². The molecule has 0 aliphatic rings. The van der Waals surface area contributed by atoms with Crippen molar-refractivity contribution in [3.05, 3.63) is 169 Å². The monoisotopic (exact) mass is 670 g/mol. The predicted molar refractivity (Wildman–Crippen MR) is 214 cm³/mol. The zero-order valence-corrected chi connectivity index (χ0v) is 28.6. The Balaban J connectivity index is 1.24. The third kappa shape index (κ3) is 4.93. The van der Waals surface area contributed by atoms with Crippen LogP contribution in [0.25, 0.3) is 93.0 Å². The van der Waals surface area contributed by atoms with Gasteiger partial charge in [0.2, 0.25) is 0 Å². The Hall–Kier alpha value is -6.43. The minimum absolute atomic E-state index is 0.636. The fourth-order valence-corrected chi connectivity index (χ4v) is 8.53. The van der Waals surface area contributed by atoms with E-state index in [1.165, 1.54) is 47.5 Å². The number of nitrogens with zero attached hydrogens (tertiary/aromatic N) is 4. The molecule has 0 fully saturated rings. The van der Waals surface area contributed by atoms with Gasteiger partial charge >= 0.3 is 0 Å². The molecular weight excluding hydrogens is 641 g/mol. The van der Waals surface area contributed by atoms with E-state index in [0.717, 1.165) is 33.5 Å². The highest BCUT2D eigenvalue weighted by Gasteiger charge is 2.21. The fraction of sp³-hybridized carbons (Fsp3) is 0.0217. The molecular formula is C46H30N4S. The van der Waals surface area contributed by atoms with Crippen LogP contribution >= 0.6 is 11.3 Å². The van der Waals surface area contributed by atoms with Crippen LogP contribution in [0.4, 0.5) is 0 Å². The average Bonchev–Trinajstić information content (AvgIpc) is 3.74. The molecule has 0 unspecified atom stereocenters. The number of benzene rings is 7. The second kappa shape index (κ2) is 11.9. The van der Waals surface area contributed by atoms with Gasteiger partial charge in [0, 0.05) is 53.2 Å². The first-order valence-electron chi connectivity index (χ1n) is 17.1. The molecule has 0 amide bonds. The summed E-state index contributed by atoms with van der Waals surface area (Å²) >= 11 is 1.88. The van der Waals surface area contributed by atoms with Crippen LogP contribution in [-0.4, -0.2) is 19.5 Å². The van der Waals surface area contributed by atoms with Crippen molar-refractivity contribution >= 4 is 53.3 Å². The molecule has 7 aromatic carbocycles. The fourth-order valence-electron chi connectivity index (χ4n) is 7.27. The molecule has 0 N–H and O–H groups in total. The molecule has 0 spiro atoms. The summed E-state index contributed by atoms with van der Waals surface area (Å²) in [6.45, 7) is 2.13. The average molecular weight is 671 g/mol. The predicted octanol–water partition coefficient (Wildman–Crippen LogP) is 12.3. The highest BCUT2D eigenvalue weighted by Crippen LogP contribution is 2.44. The summed E-state index contributed by atoms with van der Waals surface area (Å²) < 4.78 is 5.07. The first-order chi connectivity index (χ1) is 25.2. The van der Waals surface area contributed by atoms with Gasteiger partial charge in [0.05, 0.1) is 16.7 Å². The van der Waals surface area contributed by atoms with Crippen LogP contribution < -0.4 is 0 Å². The minimum atomic E-state index is 0.636. The Bertz CT molecular complexity index is 2850. The molecule has 5 heteroatoms. The Morgan fingerprint density at radius 2 is 1.04 bits per heavy atom. The first kappa shape index (κ1) is 29.5. The molecule has 3 aromatic heterocycles. The number of hydrogen-bond acceptors (Lipinski definition) is 4. The summed E-state index contributed by atoms with van der Waals surface area (Å²) in [4.78, 5) is 15.1. The molecule has 10 aromatic rings. The number of aromatic nitrogens is 4. The van der Waals surface area contributed by atoms with Gasteiger partial charge in [-0.3, -0.25) is 0 Å². The normalized spacial score (nSPS) is 11.6. The molecule has 4 nitrogen and oxygen atoms in total. The van der Waals surface area contributed by atoms with Gasteiger partial charge in [-0.15, -0.1) is 11.3 Å². The van der Waals surface area contributed by atoms with E-state index in [9.17, 15) is 0 Å². The van der Waals surface area contributed by atoms with Gasteiger partial charge in [-0.2, -0.15) is 0 Å². The van der Waals surface area contributed by atoms with E-state index < -0.39 is 0 Å². The summed E-state index contributed by atoms with van der Waals surface area (Å²) in [5.74, 6) is 1.93. The second-order valence-electron chi connectivity index (χ2n) is 12.9. The molecule has 240 valence electrons. The lowest BCUT2D eigenvalue weighted by molar-refractivity contribution is 1.07. The van der Waals surface area contributed by atoms with Crippen LogP contribution in [0, 0.1) is 6.92 Å². The number of thiophene rings is 1. The molecule has 10 rings (SSSR count). The minimum Gasteiger partial charge on any atom is -0.309 e. The first-order valence-corrected chi connectivity index (χ1v) is 17.9. The van der Waals surface area contributed by atoms with E-state index in [-0.39, 0.29) is 0 Å². The van der Waals surface area contributed by atoms with Crippen LogP contribution in [-0.2, 0) is 0 Å². The number of para-hydroxylation sites is 1. The zero-order chi connectivity index (χ0) is 33.9.